The Bertz CT molecular complexity index is 2280. The van der Waals surface area contributed by atoms with Gasteiger partial charge in [-0.1, -0.05) is 24.3 Å². The topological polar surface area (TPSA) is 30.2 Å². The summed E-state index contributed by atoms with van der Waals surface area (Å²) in [5.41, 5.74) is 16.7. The molecule has 4 saturated carbocycles. The van der Waals surface area contributed by atoms with Gasteiger partial charge in [-0.05, 0) is 152 Å². The Balaban J connectivity index is 1.23. The van der Waals surface area contributed by atoms with E-state index in [1.807, 2.05) is 0 Å². The molecule has 0 amide bonds. The van der Waals surface area contributed by atoms with Crippen molar-refractivity contribution in [3.05, 3.63) is 76.4 Å². The monoisotopic (exact) mass is 585 g/mol. The third-order valence-electron chi connectivity index (χ3n) is 14.7. The lowest BCUT2D eigenvalue weighted by Gasteiger charge is -2.38. The van der Waals surface area contributed by atoms with E-state index in [-0.39, 0.29) is 0 Å². The molecule has 6 aromatic rings. The molecule has 3 nitrogen and oxygen atoms in total. The summed E-state index contributed by atoms with van der Waals surface area (Å²) in [6.45, 7) is 0. The third kappa shape index (κ3) is 2.80. The van der Waals surface area contributed by atoms with E-state index < -0.39 is 0 Å². The lowest BCUT2D eigenvalue weighted by atomic mass is 9.67. The van der Waals surface area contributed by atoms with Crippen molar-refractivity contribution in [2.75, 3.05) is 0 Å². The Kier molecular flexibility index (Phi) is 4.18. The summed E-state index contributed by atoms with van der Waals surface area (Å²) in [4.78, 5) is 11.0. The van der Waals surface area contributed by atoms with Gasteiger partial charge in [-0.2, -0.15) is 0 Å². The molecule has 0 aliphatic heterocycles. The molecule has 8 bridgehead atoms. The second-order valence-corrected chi connectivity index (χ2v) is 16.9. The summed E-state index contributed by atoms with van der Waals surface area (Å²) in [5.74, 6) is 6.29. The maximum Gasteiger partial charge on any atom is 0.0728 e. The Morgan fingerprint density at radius 1 is 0.556 bits per heavy atom. The zero-order valence-corrected chi connectivity index (χ0v) is 26.0. The number of fused-ring (bicyclic) bond motifs is 10. The van der Waals surface area contributed by atoms with Crippen molar-refractivity contribution in [2.45, 2.75) is 101 Å². The Hall–Kier alpha value is -3.46. The zero-order valence-electron chi connectivity index (χ0n) is 26.0. The second kappa shape index (κ2) is 7.91. The smallest absolute Gasteiger partial charge is 0.0728 e. The average Bonchev–Trinajstić information content (AvgIpc) is 3.44. The standard InChI is InChI=1S/C42H39N3/c1-2-4-29-24(3-1)5-6-30-31(29)17-32-37-33(18-43-40-27-13-20-7-21(14-27)10-25(9-20)35(37)40)45-34-19-44-41-28-15-22-8-23(16-28)12-26(11-22)36(41)39(34)38(30)42(32)45/h1-4,17-23,25-28H,5-16H2. The van der Waals surface area contributed by atoms with Crippen molar-refractivity contribution in [3.63, 3.8) is 0 Å². The van der Waals surface area contributed by atoms with Crippen LogP contribution in [0.1, 0.15) is 122 Å². The number of nitrogens with zero attached hydrogens (tertiary/aromatic N) is 3. The van der Waals surface area contributed by atoms with E-state index in [1.165, 1.54) is 114 Å². The molecular formula is C42H39N3. The molecular weight excluding hydrogens is 546 g/mol. The van der Waals surface area contributed by atoms with Crippen molar-refractivity contribution in [1.29, 1.82) is 0 Å². The fourth-order valence-corrected chi connectivity index (χ4v) is 13.6. The molecule has 4 unspecified atom stereocenters. The summed E-state index contributed by atoms with van der Waals surface area (Å²) >= 11 is 0. The molecule has 9 aliphatic rings. The molecule has 0 N–H and O–H groups in total. The minimum absolute atomic E-state index is 0.662. The van der Waals surface area contributed by atoms with Gasteiger partial charge < -0.3 is 4.40 Å². The fourth-order valence-electron chi connectivity index (χ4n) is 13.6. The van der Waals surface area contributed by atoms with Crippen LogP contribution in [0.3, 0.4) is 0 Å². The highest BCUT2D eigenvalue weighted by Gasteiger charge is 2.46. The largest absolute Gasteiger partial charge is 0.305 e. The Morgan fingerprint density at radius 2 is 1.13 bits per heavy atom. The van der Waals surface area contributed by atoms with Crippen LogP contribution in [0.25, 0.3) is 49.2 Å². The molecule has 0 saturated heterocycles. The Labute approximate surface area is 263 Å². The van der Waals surface area contributed by atoms with E-state index in [4.69, 9.17) is 9.97 Å². The van der Waals surface area contributed by atoms with Crippen LogP contribution >= 0.6 is 0 Å². The van der Waals surface area contributed by atoms with Gasteiger partial charge in [0.25, 0.3) is 0 Å². The predicted molar refractivity (Wildman–Crippen MR) is 181 cm³/mol. The highest BCUT2D eigenvalue weighted by molar-refractivity contribution is 6.27. The molecule has 4 atom stereocenters. The van der Waals surface area contributed by atoms with Gasteiger partial charge in [-0.3, -0.25) is 9.97 Å². The number of hydrogen-bond donors (Lipinski definition) is 0. The minimum Gasteiger partial charge on any atom is -0.305 e. The van der Waals surface area contributed by atoms with Crippen molar-refractivity contribution in [1.82, 2.24) is 14.4 Å². The first-order valence-electron chi connectivity index (χ1n) is 18.4. The first-order chi connectivity index (χ1) is 22.2. The van der Waals surface area contributed by atoms with Crippen molar-refractivity contribution >= 4 is 38.1 Å². The van der Waals surface area contributed by atoms with Crippen LogP contribution in [0, 0.1) is 23.7 Å². The fraction of sp³-hybridized carbons (Fsp3) is 0.476. The first-order valence-corrected chi connectivity index (χ1v) is 18.4. The van der Waals surface area contributed by atoms with E-state index in [1.54, 1.807) is 32.8 Å². The number of benzene rings is 2. The summed E-state index contributed by atoms with van der Waals surface area (Å²) in [7, 11) is 0. The molecule has 222 valence electrons. The lowest BCUT2D eigenvalue weighted by molar-refractivity contribution is 0.165. The number of aryl methyl sites for hydroxylation is 2. The number of rotatable bonds is 0. The number of aromatic nitrogens is 3. The molecule has 4 heterocycles. The van der Waals surface area contributed by atoms with Gasteiger partial charge in [0.1, 0.15) is 0 Å². The molecule has 4 aromatic heterocycles. The maximum atomic E-state index is 5.48. The van der Waals surface area contributed by atoms with E-state index in [0.29, 0.717) is 23.7 Å². The van der Waals surface area contributed by atoms with Crippen LogP contribution < -0.4 is 0 Å². The zero-order chi connectivity index (χ0) is 28.7. The third-order valence-corrected chi connectivity index (χ3v) is 14.7. The van der Waals surface area contributed by atoms with Gasteiger partial charge in [0, 0.05) is 44.8 Å². The summed E-state index contributed by atoms with van der Waals surface area (Å²) in [6, 6.07) is 12.0. The van der Waals surface area contributed by atoms with Crippen LogP contribution in [0.15, 0.2) is 42.7 Å². The van der Waals surface area contributed by atoms with Gasteiger partial charge in [0.05, 0.1) is 28.9 Å². The van der Waals surface area contributed by atoms with Crippen LogP contribution in [-0.2, 0) is 12.8 Å². The molecule has 3 heteroatoms. The molecule has 9 aliphatic carbocycles. The van der Waals surface area contributed by atoms with E-state index in [0.717, 1.165) is 36.5 Å². The summed E-state index contributed by atoms with van der Waals surface area (Å²) < 4.78 is 2.68. The first kappa shape index (κ1) is 23.8. The van der Waals surface area contributed by atoms with Crippen LogP contribution in [0.4, 0.5) is 0 Å². The van der Waals surface area contributed by atoms with Crippen LogP contribution in [0.5, 0.6) is 0 Å². The SMILES string of the molecule is c1ccc2c(c1)CCc1c-2cc2c3c4c(ncc3n3c5cnc6c(c5c1c23)C1CC2CC(CC6C2)C1)C1CC2CC(C1)CC4C2. The molecule has 15 rings (SSSR count). The molecule has 0 radical (unpaired) electrons. The van der Waals surface area contributed by atoms with Gasteiger partial charge in [0.15, 0.2) is 0 Å². The number of hydrogen-bond acceptors (Lipinski definition) is 2. The quantitative estimate of drug-likeness (QED) is 0.178. The maximum absolute atomic E-state index is 5.48. The summed E-state index contributed by atoms with van der Waals surface area (Å²) in [6.07, 6.45) is 20.9. The molecule has 45 heavy (non-hydrogen) atoms. The number of pyridine rings is 2. The predicted octanol–water partition coefficient (Wildman–Crippen LogP) is 10.2. The second-order valence-electron chi connectivity index (χ2n) is 16.9. The van der Waals surface area contributed by atoms with Crippen molar-refractivity contribution in [3.8, 4) is 11.1 Å². The van der Waals surface area contributed by atoms with E-state index in [9.17, 15) is 0 Å². The molecule has 4 fully saturated rings. The van der Waals surface area contributed by atoms with E-state index in [2.05, 4.69) is 47.1 Å². The van der Waals surface area contributed by atoms with Gasteiger partial charge in [-0.15, -0.1) is 0 Å². The van der Waals surface area contributed by atoms with Gasteiger partial charge in [0.2, 0.25) is 0 Å². The normalized spacial score (nSPS) is 33.6. The lowest BCUT2D eigenvalue weighted by Crippen LogP contribution is -2.25. The summed E-state index contributed by atoms with van der Waals surface area (Å²) in [5, 5.41) is 6.25. The average molecular weight is 586 g/mol. The molecule has 0 spiro atoms. The molecule has 2 aromatic carbocycles. The Morgan fingerprint density at radius 3 is 1.80 bits per heavy atom. The highest BCUT2D eigenvalue weighted by atomic mass is 14.9. The van der Waals surface area contributed by atoms with Crippen molar-refractivity contribution < 1.29 is 0 Å². The van der Waals surface area contributed by atoms with E-state index >= 15 is 0 Å². The van der Waals surface area contributed by atoms with Crippen molar-refractivity contribution in [2.24, 2.45) is 23.7 Å². The minimum atomic E-state index is 0.662. The highest BCUT2D eigenvalue weighted by Crippen LogP contribution is 2.61. The van der Waals surface area contributed by atoms with Gasteiger partial charge in [-0.25, -0.2) is 0 Å². The van der Waals surface area contributed by atoms with Gasteiger partial charge >= 0.3 is 0 Å². The van der Waals surface area contributed by atoms with Crippen LogP contribution in [-0.4, -0.2) is 14.4 Å². The van der Waals surface area contributed by atoms with Crippen LogP contribution in [0.2, 0.25) is 0 Å².